The number of carbonyl (C=O) groups is 1. The number of anilines is 1. The van der Waals surface area contributed by atoms with Gasteiger partial charge in [-0.05, 0) is 51.1 Å². The smallest absolute Gasteiger partial charge is 0.228 e. The van der Waals surface area contributed by atoms with Crippen LogP contribution in [0.15, 0.2) is 18.2 Å². The van der Waals surface area contributed by atoms with Gasteiger partial charge >= 0.3 is 0 Å². The summed E-state index contributed by atoms with van der Waals surface area (Å²) in [6.07, 6.45) is 2.05. The number of methoxy groups -OCH3 is 1. The summed E-state index contributed by atoms with van der Waals surface area (Å²) in [6.45, 7) is 3.92. The second-order valence-corrected chi connectivity index (χ2v) is 5.29. The standard InChI is InChI=1S/C15H22N2O2/c1-11-6-7-14(19-3)13(9-11)16-15(18)12-5-4-8-17(2)10-12/h6-7,9,12H,4-5,8,10H2,1-3H3,(H,16,18)/t12-/m0/s1. The van der Waals surface area contributed by atoms with E-state index in [2.05, 4.69) is 17.3 Å². The van der Waals surface area contributed by atoms with E-state index in [0.29, 0.717) is 5.75 Å². The summed E-state index contributed by atoms with van der Waals surface area (Å²) in [5.41, 5.74) is 1.87. The van der Waals surface area contributed by atoms with Gasteiger partial charge in [0.2, 0.25) is 5.91 Å². The van der Waals surface area contributed by atoms with Gasteiger partial charge < -0.3 is 15.0 Å². The number of rotatable bonds is 3. The minimum absolute atomic E-state index is 0.0731. The molecule has 0 bridgehead atoms. The molecule has 2 rings (SSSR count). The Bertz CT molecular complexity index is 459. The Hall–Kier alpha value is -1.55. The van der Waals surface area contributed by atoms with Crippen LogP contribution in [-0.4, -0.2) is 38.1 Å². The molecule has 1 fully saturated rings. The zero-order valence-corrected chi connectivity index (χ0v) is 11.9. The van der Waals surface area contributed by atoms with Crippen molar-refractivity contribution in [3.05, 3.63) is 23.8 Å². The van der Waals surface area contributed by atoms with E-state index in [1.54, 1.807) is 7.11 Å². The Labute approximate surface area is 114 Å². The van der Waals surface area contributed by atoms with Gasteiger partial charge in [0, 0.05) is 6.54 Å². The van der Waals surface area contributed by atoms with Gasteiger partial charge in [0.15, 0.2) is 0 Å². The number of benzene rings is 1. The summed E-state index contributed by atoms with van der Waals surface area (Å²) in [6, 6.07) is 5.81. The van der Waals surface area contributed by atoms with Gasteiger partial charge in [-0.25, -0.2) is 0 Å². The van der Waals surface area contributed by atoms with Crippen molar-refractivity contribution in [2.75, 3.05) is 32.6 Å². The monoisotopic (exact) mass is 262 g/mol. The number of amides is 1. The molecule has 1 atom stereocenters. The normalized spacial score (nSPS) is 20.1. The van der Waals surface area contributed by atoms with Crippen LogP contribution >= 0.6 is 0 Å². The van der Waals surface area contributed by atoms with Crippen LogP contribution in [0.25, 0.3) is 0 Å². The fourth-order valence-electron chi connectivity index (χ4n) is 2.53. The first-order valence-corrected chi connectivity index (χ1v) is 6.74. The summed E-state index contributed by atoms with van der Waals surface area (Å²) in [5.74, 6) is 0.877. The zero-order chi connectivity index (χ0) is 13.8. The van der Waals surface area contributed by atoms with Gasteiger partial charge in [-0.1, -0.05) is 6.07 Å². The Morgan fingerprint density at radius 2 is 2.26 bits per heavy atom. The van der Waals surface area contributed by atoms with Crippen LogP contribution in [0.3, 0.4) is 0 Å². The molecule has 1 aromatic carbocycles. The van der Waals surface area contributed by atoms with Crippen molar-refractivity contribution < 1.29 is 9.53 Å². The number of carbonyl (C=O) groups excluding carboxylic acids is 1. The predicted molar refractivity (Wildman–Crippen MR) is 76.6 cm³/mol. The van der Waals surface area contributed by atoms with Crippen LogP contribution in [0.1, 0.15) is 18.4 Å². The number of aryl methyl sites for hydroxylation is 1. The van der Waals surface area contributed by atoms with E-state index in [0.717, 1.165) is 37.2 Å². The Kier molecular flexibility index (Phi) is 4.43. The van der Waals surface area contributed by atoms with E-state index in [1.807, 2.05) is 25.1 Å². The van der Waals surface area contributed by atoms with Crippen LogP contribution < -0.4 is 10.1 Å². The first-order valence-electron chi connectivity index (χ1n) is 6.74. The molecule has 19 heavy (non-hydrogen) atoms. The van der Waals surface area contributed by atoms with Crippen molar-refractivity contribution in [1.29, 1.82) is 0 Å². The first-order chi connectivity index (χ1) is 9.10. The number of nitrogens with one attached hydrogen (secondary N) is 1. The molecular formula is C15H22N2O2. The number of hydrogen-bond acceptors (Lipinski definition) is 3. The van der Waals surface area contributed by atoms with Gasteiger partial charge in [-0.3, -0.25) is 4.79 Å². The summed E-state index contributed by atoms with van der Waals surface area (Å²) in [5, 5.41) is 3.00. The number of likely N-dealkylation sites (tertiary alicyclic amines) is 1. The van der Waals surface area contributed by atoms with Gasteiger partial charge in [-0.15, -0.1) is 0 Å². The number of ether oxygens (including phenoxy) is 1. The third kappa shape index (κ3) is 3.47. The maximum absolute atomic E-state index is 12.3. The molecule has 0 saturated carbocycles. The third-order valence-corrected chi connectivity index (χ3v) is 3.61. The van der Waals surface area contributed by atoms with E-state index < -0.39 is 0 Å². The molecular weight excluding hydrogens is 240 g/mol. The minimum Gasteiger partial charge on any atom is -0.495 e. The third-order valence-electron chi connectivity index (χ3n) is 3.61. The fourth-order valence-corrected chi connectivity index (χ4v) is 2.53. The highest BCUT2D eigenvalue weighted by molar-refractivity contribution is 5.94. The summed E-state index contributed by atoms with van der Waals surface area (Å²) in [7, 11) is 3.68. The van der Waals surface area contributed by atoms with Crippen LogP contribution in [0.2, 0.25) is 0 Å². The van der Waals surface area contributed by atoms with Crippen molar-refractivity contribution in [2.24, 2.45) is 5.92 Å². The molecule has 0 spiro atoms. The molecule has 0 aromatic heterocycles. The van der Waals surface area contributed by atoms with Crippen molar-refractivity contribution in [3.8, 4) is 5.75 Å². The van der Waals surface area contributed by atoms with Crippen molar-refractivity contribution in [1.82, 2.24) is 4.90 Å². The second kappa shape index (κ2) is 6.06. The maximum atomic E-state index is 12.3. The Morgan fingerprint density at radius 3 is 2.95 bits per heavy atom. The predicted octanol–water partition coefficient (Wildman–Crippen LogP) is 2.28. The number of piperidine rings is 1. The Morgan fingerprint density at radius 1 is 1.47 bits per heavy atom. The topological polar surface area (TPSA) is 41.6 Å². The number of hydrogen-bond donors (Lipinski definition) is 1. The molecule has 1 N–H and O–H groups in total. The SMILES string of the molecule is COc1ccc(C)cc1NC(=O)[C@H]1CCCN(C)C1. The molecule has 104 valence electrons. The summed E-state index contributed by atoms with van der Waals surface area (Å²) in [4.78, 5) is 14.5. The van der Waals surface area contributed by atoms with E-state index in [-0.39, 0.29) is 11.8 Å². The maximum Gasteiger partial charge on any atom is 0.228 e. The molecule has 4 nitrogen and oxygen atoms in total. The van der Waals surface area contributed by atoms with Crippen LogP contribution in [-0.2, 0) is 4.79 Å². The van der Waals surface area contributed by atoms with Crippen molar-refractivity contribution in [2.45, 2.75) is 19.8 Å². The lowest BCUT2D eigenvalue weighted by Crippen LogP contribution is -2.38. The van der Waals surface area contributed by atoms with Crippen LogP contribution in [0.4, 0.5) is 5.69 Å². The highest BCUT2D eigenvalue weighted by atomic mass is 16.5. The van der Waals surface area contributed by atoms with Gasteiger partial charge in [0.05, 0.1) is 18.7 Å². The number of nitrogens with zero attached hydrogens (tertiary/aromatic N) is 1. The summed E-state index contributed by atoms with van der Waals surface area (Å²) >= 11 is 0. The van der Waals surface area contributed by atoms with Crippen molar-refractivity contribution in [3.63, 3.8) is 0 Å². The Balaban J connectivity index is 2.07. The highest BCUT2D eigenvalue weighted by Crippen LogP contribution is 2.26. The van der Waals surface area contributed by atoms with Crippen LogP contribution in [0, 0.1) is 12.8 Å². The molecule has 1 aliphatic rings. The average Bonchev–Trinajstić information content (AvgIpc) is 2.39. The minimum atomic E-state index is 0.0731. The van der Waals surface area contributed by atoms with E-state index in [9.17, 15) is 4.79 Å². The molecule has 1 aromatic rings. The summed E-state index contributed by atoms with van der Waals surface area (Å²) < 4.78 is 5.28. The molecule has 1 amide bonds. The fraction of sp³-hybridized carbons (Fsp3) is 0.533. The molecule has 1 aliphatic heterocycles. The van der Waals surface area contributed by atoms with Gasteiger partial charge in [0.25, 0.3) is 0 Å². The van der Waals surface area contributed by atoms with E-state index in [4.69, 9.17) is 4.74 Å². The zero-order valence-electron chi connectivity index (χ0n) is 11.9. The van der Waals surface area contributed by atoms with E-state index >= 15 is 0 Å². The molecule has 4 heteroatoms. The lowest BCUT2D eigenvalue weighted by Gasteiger charge is -2.28. The molecule has 0 radical (unpaired) electrons. The second-order valence-electron chi connectivity index (χ2n) is 5.29. The van der Waals surface area contributed by atoms with Gasteiger partial charge in [0.1, 0.15) is 5.75 Å². The van der Waals surface area contributed by atoms with Crippen LogP contribution in [0.5, 0.6) is 5.75 Å². The molecule has 0 unspecified atom stereocenters. The lowest BCUT2D eigenvalue weighted by molar-refractivity contribution is -0.121. The lowest BCUT2D eigenvalue weighted by atomic mass is 9.97. The van der Waals surface area contributed by atoms with Gasteiger partial charge in [-0.2, -0.15) is 0 Å². The van der Waals surface area contributed by atoms with Crippen molar-refractivity contribution >= 4 is 11.6 Å². The molecule has 0 aliphatic carbocycles. The molecule has 1 heterocycles. The first kappa shape index (κ1) is 13.9. The average molecular weight is 262 g/mol. The molecule has 1 saturated heterocycles. The quantitative estimate of drug-likeness (QED) is 0.908. The highest BCUT2D eigenvalue weighted by Gasteiger charge is 2.24. The largest absolute Gasteiger partial charge is 0.495 e. The van der Waals surface area contributed by atoms with E-state index in [1.165, 1.54) is 0 Å².